The Morgan fingerprint density at radius 2 is 1.71 bits per heavy atom. The highest BCUT2D eigenvalue weighted by Gasteiger charge is 2.37. The Hall–Kier alpha value is -0.820. The van der Waals surface area contributed by atoms with E-state index < -0.39 is 0 Å². The summed E-state index contributed by atoms with van der Waals surface area (Å²) in [5, 5.41) is 0. The third kappa shape index (κ3) is 2.26. The van der Waals surface area contributed by atoms with Crippen LogP contribution in [0.3, 0.4) is 0 Å². The van der Waals surface area contributed by atoms with Crippen molar-refractivity contribution in [1.82, 2.24) is 0 Å². The quantitative estimate of drug-likeness (QED) is 0.815. The molecule has 1 nitrogen and oxygen atoms in total. The summed E-state index contributed by atoms with van der Waals surface area (Å²) >= 11 is 0. The van der Waals surface area contributed by atoms with Gasteiger partial charge in [0.2, 0.25) is 0 Å². The highest BCUT2D eigenvalue weighted by molar-refractivity contribution is 5.33. The zero-order chi connectivity index (χ0) is 12.3. The Balaban J connectivity index is 2.17. The molecule has 1 aliphatic rings. The number of benzene rings is 1. The molecule has 0 radical (unpaired) electrons. The van der Waals surface area contributed by atoms with E-state index in [1.54, 1.807) is 0 Å². The van der Waals surface area contributed by atoms with Gasteiger partial charge in [0.05, 0.1) is 0 Å². The van der Waals surface area contributed by atoms with Crippen molar-refractivity contribution in [2.75, 3.05) is 6.54 Å². The molecule has 0 spiro atoms. The average Bonchev–Trinajstić information content (AvgIpc) is 2.32. The highest BCUT2D eigenvalue weighted by Crippen LogP contribution is 2.43. The molecule has 1 aromatic rings. The van der Waals surface area contributed by atoms with Gasteiger partial charge in [0.1, 0.15) is 0 Å². The molecule has 0 heterocycles. The molecule has 2 rings (SSSR count). The van der Waals surface area contributed by atoms with Gasteiger partial charge in [-0.15, -0.1) is 0 Å². The van der Waals surface area contributed by atoms with Gasteiger partial charge >= 0.3 is 0 Å². The molecule has 0 aliphatic heterocycles. The molecule has 0 atom stereocenters. The summed E-state index contributed by atoms with van der Waals surface area (Å²) in [6.07, 6.45) is 6.35. The Morgan fingerprint density at radius 3 is 2.06 bits per heavy atom. The fourth-order valence-corrected chi connectivity index (χ4v) is 3.08. The Bertz CT molecular complexity index is 339. The summed E-state index contributed by atoms with van der Waals surface area (Å²) in [5.41, 5.74) is 9.21. The van der Waals surface area contributed by atoms with Gasteiger partial charge in [-0.3, -0.25) is 0 Å². The fourth-order valence-electron chi connectivity index (χ4n) is 3.08. The standard InChI is InChI=1S/C16H25N/c1-3-13(4-2)14-6-8-15(9-7-14)16(12-17)10-5-11-16/h6-9,13H,3-5,10-12,17H2,1-2H3. The lowest BCUT2D eigenvalue weighted by molar-refractivity contribution is 0.253. The lowest BCUT2D eigenvalue weighted by Crippen LogP contribution is -2.41. The van der Waals surface area contributed by atoms with Crippen molar-refractivity contribution in [1.29, 1.82) is 0 Å². The number of hydrogen-bond donors (Lipinski definition) is 1. The molecule has 0 unspecified atom stereocenters. The van der Waals surface area contributed by atoms with Gasteiger partial charge in [0.25, 0.3) is 0 Å². The van der Waals surface area contributed by atoms with Crippen molar-refractivity contribution in [3.63, 3.8) is 0 Å². The Morgan fingerprint density at radius 1 is 1.12 bits per heavy atom. The van der Waals surface area contributed by atoms with E-state index in [2.05, 4.69) is 38.1 Å². The monoisotopic (exact) mass is 231 g/mol. The van der Waals surface area contributed by atoms with Crippen molar-refractivity contribution in [2.24, 2.45) is 5.73 Å². The maximum atomic E-state index is 5.95. The zero-order valence-electron chi connectivity index (χ0n) is 11.2. The van der Waals surface area contributed by atoms with Crippen LogP contribution in [-0.4, -0.2) is 6.54 Å². The molecule has 0 bridgehead atoms. The van der Waals surface area contributed by atoms with E-state index >= 15 is 0 Å². The third-order valence-corrected chi connectivity index (χ3v) is 4.68. The number of nitrogens with two attached hydrogens (primary N) is 1. The Labute approximate surface area is 105 Å². The molecule has 2 N–H and O–H groups in total. The van der Waals surface area contributed by atoms with E-state index in [0.29, 0.717) is 5.41 Å². The molecule has 1 heteroatoms. The highest BCUT2D eigenvalue weighted by atomic mass is 14.6. The SMILES string of the molecule is CCC(CC)c1ccc(C2(CN)CCC2)cc1. The van der Waals surface area contributed by atoms with Crippen LogP contribution in [0.1, 0.15) is 63.0 Å². The molecular weight excluding hydrogens is 206 g/mol. The fraction of sp³-hybridized carbons (Fsp3) is 0.625. The van der Waals surface area contributed by atoms with Crippen LogP contribution in [0.5, 0.6) is 0 Å². The van der Waals surface area contributed by atoms with E-state index in [0.717, 1.165) is 12.5 Å². The number of rotatable bonds is 5. The van der Waals surface area contributed by atoms with Crippen LogP contribution >= 0.6 is 0 Å². The van der Waals surface area contributed by atoms with Crippen LogP contribution in [-0.2, 0) is 5.41 Å². The summed E-state index contributed by atoms with van der Waals surface area (Å²) in [6, 6.07) is 9.28. The molecule has 0 saturated heterocycles. The summed E-state index contributed by atoms with van der Waals surface area (Å²) < 4.78 is 0. The van der Waals surface area contributed by atoms with Crippen molar-refractivity contribution in [3.8, 4) is 0 Å². The average molecular weight is 231 g/mol. The third-order valence-electron chi connectivity index (χ3n) is 4.68. The Kier molecular flexibility index (Phi) is 3.88. The lowest BCUT2D eigenvalue weighted by Gasteiger charge is -2.41. The van der Waals surface area contributed by atoms with E-state index in [1.807, 2.05) is 0 Å². The predicted molar refractivity (Wildman–Crippen MR) is 74.3 cm³/mol. The number of hydrogen-bond acceptors (Lipinski definition) is 1. The van der Waals surface area contributed by atoms with E-state index in [-0.39, 0.29) is 0 Å². The van der Waals surface area contributed by atoms with Crippen molar-refractivity contribution < 1.29 is 0 Å². The summed E-state index contributed by atoms with van der Waals surface area (Å²) in [4.78, 5) is 0. The van der Waals surface area contributed by atoms with Gasteiger partial charge in [-0.05, 0) is 42.7 Å². The molecule has 0 aromatic heterocycles. The second kappa shape index (κ2) is 5.22. The van der Waals surface area contributed by atoms with Gasteiger partial charge in [-0.25, -0.2) is 0 Å². The van der Waals surface area contributed by atoms with Crippen LogP contribution in [0.25, 0.3) is 0 Å². The minimum atomic E-state index is 0.312. The summed E-state index contributed by atoms with van der Waals surface area (Å²) in [6.45, 7) is 5.35. The summed E-state index contributed by atoms with van der Waals surface area (Å²) in [7, 11) is 0. The van der Waals surface area contributed by atoms with Crippen molar-refractivity contribution in [3.05, 3.63) is 35.4 Å². The molecule has 17 heavy (non-hydrogen) atoms. The molecule has 1 aromatic carbocycles. The molecule has 0 amide bonds. The first-order valence-corrected chi connectivity index (χ1v) is 7.06. The maximum Gasteiger partial charge on any atom is 0.00755 e. The van der Waals surface area contributed by atoms with Crippen LogP contribution in [0.4, 0.5) is 0 Å². The minimum Gasteiger partial charge on any atom is -0.330 e. The zero-order valence-corrected chi connectivity index (χ0v) is 11.2. The minimum absolute atomic E-state index is 0.312. The van der Waals surface area contributed by atoms with Gasteiger partial charge in [-0.2, -0.15) is 0 Å². The second-order valence-electron chi connectivity index (χ2n) is 5.47. The normalized spacial score (nSPS) is 18.1. The van der Waals surface area contributed by atoms with Crippen LogP contribution in [0, 0.1) is 0 Å². The first-order valence-electron chi connectivity index (χ1n) is 7.06. The van der Waals surface area contributed by atoms with Gasteiger partial charge in [0, 0.05) is 12.0 Å². The lowest BCUT2D eigenvalue weighted by atomic mass is 9.64. The molecule has 94 valence electrons. The molecular formula is C16H25N. The van der Waals surface area contributed by atoms with Crippen LogP contribution in [0.15, 0.2) is 24.3 Å². The van der Waals surface area contributed by atoms with Gasteiger partial charge in [-0.1, -0.05) is 44.5 Å². The van der Waals surface area contributed by atoms with Crippen molar-refractivity contribution >= 4 is 0 Å². The predicted octanol–water partition coefficient (Wildman–Crippen LogP) is 3.97. The van der Waals surface area contributed by atoms with Gasteiger partial charge < -0.3 is 5.73 Å². The van der Waals surface area contributed by atoms with E-state index in [1.165, 1.54) is 43.2 Å². The first kappa shape index (κ1) is 12.6. The maximum absolute atomic E-state index is 5.95. The molecule has 1 saturated carbocycles. The molecule has 1 aliphatic carbocycles. The smallest absolute Gasteiger partial charge is 0.00755 e. The van der Waals surface area contributed by atoms with E-state index in [9.17, 15) is 0 Å². The van der Waals surface area contributed by atoms with Crippen molar-refractivity contribution in [2.45, 2.75) is 57.3 Å². The van der Waals surface area contributed by atoms with Crippen LogP contribution < -0.4 is 5.73 Å². The first-order chi connectivity index (χ1) is 8.25. The van der Waals surface area contributed by atoms with E-state index in [4.69, 9.17) is 5.73 Å². The van der Waals surface area contributed by atoms with Crippen LogP contribution in [0.2, 0.25) is 0 Å². The van der Waals surface area contributed by atoms with Gasteiger partial charge in [0.15, 0.2) is 0 Å². The topological polar surface area (TPSA) is 26.0 Å². The molecule has 1 fully saturated rings. The largest absolute Gasteiger partial charge is 0.330 e. The summed E-state index contributed by atoms with van der Waals surface area (Å²) in [5.74, 6) is 0.722. The second-order valence-corrected chi connectivity index (χ2v) is 5.47.